The van der Waals surface area contributed by atoms with Crippen LogP contribution in [0.2, 0.25) is 0 Å². The number of hydrogen-bond acceptors (Lipinski definition) is 5. The minimum atomic E-state index is -0.117. The van der Waals surface area contributed by atoms with Crippen molar-refractivity contribution in [3.8, 4) is 0 Å². The SMILES string of the molecule is CC1CC1CN(C)C(=O)c1cncc(NN)n1. The Morgan fingerprint density at radius 2 is 2.35 bits per heavy atom. The summed E-state index contributed by atoms with van der Waals surface area (Å²) >= 11 is 0. The van der Waals surface area contributed by atoms with Crippen molar-refractivity contribution >= 4 is 11.7 Å². The standard InChI is InChI=1S/C11H17N5O/c1-7-3-8(7)6-16(2)11(17)9-4-13-5-10(14-9)15-12/h4-5,7-8H,3,6,12H2,1-2H3,(H,14,15). The molecule has 6 heteroatoms. The van der Waals surface area contributed by atoms with E-state index in [0.29, 0.717) is 17.4 Å². The van der Waals surface area contributed by atoms with Crippen LogP contribution in [0, 0.1) is 11.8 Å². The number of rotatable bonds is 4. The molecule has 1 aliphatic carbocycles. The van der Waals surface area contributed by atoms with Crippen molar-refractivity contribution in [2.24, 2.45) is 17.7 Å². The van der Waals surface area contributed by atoms with E-state index >= 15 is 0 Å². The highest BCUT2D eigenvalue weighted by Crippen LogP contribution is 2.38. The Kier molecular flexibility index (Phi) is 3.23. The number of aromatic nitrogens is 2. The van der Waals surface area contributed by atoms with Gasteiger partial charge in [-0.1, -0.05) is 6.92 Å². The van der Waals surface area contributed by atoms with Gasteiger partial charge in [-0.2, -0.15) is 0 Å². The van der Waals surface area contributed by atoms with E-state index in [0.717, 1.165) is 12.5 Å². The number of carbonyl (C=O) groups excluding carboxylic acids is 1. The first kappa shape index (κ1) is 11.8. The predicted octanol–water partition coefficient (Wildman–Crippen LogP) is 0.490. The highest BCUT2D eigenvalue weighted by molar-refractivity contribution is 5.92. The number of nitrogens with two attached hydrogens (primary N) is 1. The maximum Gasteiger partial charge on any atom is 0.273 e. The van der Waals surface area contributed by atoms with Crippen molar-refractivity contribution in [3.05, 3.63) is 18.1 Å². The lowest BCUT2D eigenvalue weighted by molar-refractivity contribution is 0.0781. The van der Waals surface area contributed by atoms with Gasteiger partial charge >= 0.3 is 0 Å². The van der Waals surface area contributed by atoms with Gasteiger partial charge in [0.1, 0.15) is 5.69 Å². The number of carbonyl (C=O) groups is 1. The summed E-state index contributed by atoms with van der Waals surface area (Å²) in [4.78, 5) is 21.7. The molecular formula is C11H17N5O. The normalized spacial score (nSPS) is 22.1. The predicted molar refractivity (Wildman–Crippen MR) is 64.1 cm³/mol. The Morgan fingerprint density at radius 3 is 2.94 bits per heavy atom. The molecule has 1 heterocycles. The summed E-state index contributed by atoms with van der Waals surface area (Å²) < 4.78 is 0. The van der Waals surface area contributed by atoms with Gasteiger partial charge in [0.15, 0.2) is 5.82 Å². The zero-order valence-corrected chi connectivity index (χ0v) is 10.1. The molecular weight excluding hydrogens is 218 g/mol. The Hall–Kier alpha value is -1.69. The van der Waals surface area contributed by atoms with E-state index in [-0.39, 0.29) is 5.91 Å². The Labute approximate surface area is 100 Å². The molecule has 1 amide bonds. The van der Waals surface area contributed by atoms with Gasteiger partial charge in [0.05, 0.1) is 12.4 Å². The lowest BCUT2D eigenvalue weighted by atomic mass is 10.3. The minimum absolute atomic E-state index is 0.117. The Balaban J connectivity index is 2.02. The summed E-state index contributed by atoms with van der Waals surface area (Å²) in [5, 5.41) is 0. The molecule has 1 aliphatic rings. The fourth-order valence-electron chi connectivity index (χ4n) is 1.82. The van der Waals surface area contributed by atoms with Gasteiger partial charge in [-0.25, -0.2) is 10.8 Å². The van der Waals surface area contributed by atoms with Crippen molar-refractivity contribution in [2.45, 2.75) is 13.3 Å². The number of hydrogen-bond donors (Lipinski definition) is 2. The molecule has 1 aromatic rings. The third-order valence-electron chi connectivity index (χ3n) is 3.13. The lowest BCUT2D eigenvalue weighted by Gasteiger charge is -2.16. The average Bonchev–Trinajstić information content (AvgIpc) is 3.04. The van der Waals surface area contributed by atoms with Gasteiger partial charge in [0.2, 0.25) is 0 Å². The summed E-state index contributed by atoms with van der Waals surface area (Å²) in [7, 11) is 1.79. The van der Waals surface area contributed by atoms with Crippen LogP contribution in [0.15, 0.2) is 12.4 Å². The van der Waals surface area contributed by atoms with Crippen LogP contribution in [-0.4, -0.2) is 34.4 Å². The molecule has 1 fully saturated rings. The maximum atomic E-state index is 12.0. The quantitative estimate of drug-likeness (QED) is 0.586. The monoisotopic (exact) mass is 235 g/mol. The third-order valence-corrected chi connectivity index (χ3v) is 3.13. The molecule has 6 nitrogen and oxygen atoms in total. The van der Waals surface area contributed by atoms with Crippen molar-refractivity contribution in [1.29, 1.82) is 0 Å². The second-order valence-electron chi connectivity index (χ2n) is 4.59. The van der Waals surface area contributed by atoms with E-state index in [1.54, 1.807) is 11.9 Å². The van der Waals surface area contributed by atoms with Crippen LogP contribution in [0.25, 0.3) is 0 Å². The van der Waals surface area contributed by atoms with Gasteiger partial charge in [-0.15, -0.1) is 0 Å². The second kappa shape index (κ2) is 4.67. The molecule has 0 aromatic carbocycles. The van der Waals surface area contributed by atoms with Crippen LogP contribution < -0.4 is 11.3 Å². The van der Waals surface area contributed by atoms with Gasteiger partial charge in [-0.3, -0.25) is 9.78 Å². The molecule has 3 N–H and O–H groups in total. The summed E-state index contributed by atoms with van der Waals surface area (Å²) in [6, 6.07) is 0. The fraction of sp³-hybridized carbons (Fsp3) is 0.545. The molecule has 2 unspecified atom stereocenters. The van der Waals surface area contributed by atoms with E-state index < -0.39 is 0 Å². The van der Waals surface area contributed by atoms with Gasteiger partial charge in [0, 0.05) is 13.6 Å². The van der Waals surface area contributed by atoms with Crippen LogP contribution in [0.3, 0.4) is 0 Å². The molecule has 17 heavy (non-hydrogen) atoms. The number of nitrogens with one attached hydrogen (secondary N) is 1. The van der Waals surface area contributed by atoms with E-state index in [1.807, 2.05) is 0 Å². The molecule has 1 aromatic heterocycles. The van der Waals surface area contributed by atoms with Gasteiger partial charge < -0.3 is 10.3 Å². The minimum Gasteiger partial charge on any atom is -0.340 e. The Bertz CT molecular complexity index is 422. The average molecular weight is 235 g/mol. The first-order chi connectivity index (χ1) is 8.11. The van der Waals surface area contributed by atoms with Crippen molar-refractivity contribution in [1.82, 2.24) is 14.9 Å². The van der Waals surface area contributed by atoms with E-state index in [4.69, 9.17) is 5.84 Å². The second-order valence-corrected chi connectivity index (χ2v) is 4.59. The molecule has 1 saturated carbocycles. The topological polar surface area (TPSA) is 84.1 Å². The number of amides is 1. The molecule has 0 aliphatic heterocycles. The van der Waals surface area contributed by atoms with Crippen LogP contribution in [0.5, 0.6) is 0 Å². The molecule has 0 bridgehead atoms. The molecule has 92 valence electrons. The third kappa shape index (κ3) is 2.71. The Morgan fingerprint density at radius 1 is 1.65 bits per heavy atom. The van der Waals surface area contributed by atoms with Gasteiger partial charge in [0.25, 0.3) is 5.91 Å². The first-order valence-corrected chi connectivity index (χ1v) is 5.66. The molecule has 0 radical (unpaired) electrons. The summed E-state index contributed by atoms with van der Waals surface area (Å²) in [6.07, 6.45) is 4.13. The number of anilines is 1. The van der Waals surface area contributed by atoms with Crippen LogP contribution in [0.1, 0.15) is 23.8 Å². The smallest absolute Gasteiger partial charge is 0.273 e. The fourth-order valence-corrected chi connectivity index (χ4v) is 1.82. The largest absolute Gasteiger partial charge is 0.340 e. The molecule has 2 rings (SSSR count). The van der Waals surface area contributed by atoms with E-state index in [1.165, 1.54) is 18.8 Å². The zero-order chi connectivity index (χ0) is 12.4. The number of nitrogens with zero attached hydrogens (tertiary/aromatic N) is 3. The number of hydrazine groups is 1. The summed E-state index contributed by atoms with van der Waals surface area (Å²) in [5.41, 5.74) is 2.69. The highest BCUT2D eigenvalue weighted by Gasteiger charge is 2.34. The molecule has 0 spiro atoms. The highest BCUT2D eigenvalue weighted by atomic mass is 16.2. The van der Waals surface area contributed by atoms with Crippen LogP contribution in [0.4, 0.5) is 5.82 Å². The van der Waals surface area contributed by atoms with E-state index in [9.17, 15) is 4.79 Å². The molecule has 0 saturated heterocycles. The van der Waals surface area contributed by atoms with Crippen LogP contribution >= 0.6 is 0 Å². The van der Waals surface area contributed by atoms with Gasteiger partial charge in [-0.05, 0) is 18.3 Å². The number of nitrogen functional groups attached to an aromatic ring is 1. The molecule has 2 atom stereocenters. The van der Waals surface area contributed by atoms with Crippen molar-refractivity contribution < 1.29 is 4.79 Å². The summed E-state index contributed by atoms with van der Waals surface area (Å²) in [6.45, 7) is 2.98. The van der Waals surface area contributed by atoms with Crippen molar-refractivity contribution in [2.75, 3.05) is 19.0 Å². The zero-order valence-electron chi connectivity index (χ0n) is 10.1. The summed E-state index contributed by atoms with van der Waals surface area (Å²) in [5.74, 6) is 6.86. The lowest BCUT2D eigenvalue weighted by Crippen LogP contribution is -2.30. The van der Waals surface area contributed by atoms with Crippen molar-refractivity contribution in [3.63, 3.8) is 0 Å². The first-order valence-electron chi connectivity index (χ1n) is 5.66. The van der Waals surface area contributed by atoms with E-state index in [2.05, 4.69) is 22.3 Å². The van der Waals surface area contributed by atoms with Crippen LogP contribution in [-0.2, 0) is 0 Å². The maximum absolute atomic E-state index is 12.0.